The molecule has 0 fully saturated rings. The Kier molecular flexibility index (Phi) is 14.4. The van der Waals surface area contributed by atoms with Crippen molar-refractivity contribution in [2.24, 2.45) is 0 Å². The topological polar surface area (TPSA) is 18.5 Å². The molecule has 0 heterocycles. The lowest BCUT2D eigenvalue weighted by Gasteiger charge is -2.23. The molecule has 0 rings (SSSR count). The van der Waals surface area contributed by atoms with Crippen LogP contribution < -0.4 is 0 Å². The molecule has 1 atom stereocenters. The van der Waals surface area contributed by atoms with Gasteiger partial charge < -0.3 is 8.85 Å². The zero-order valence-electron chi connectivity index (χ0n) is 14.9. The maximum absolute atomic E-state index is 5.97. The molecule has 0 aromatic heterocycles. The fourth-order valence-corrected chi connectivity index (χ4v) is 5.31. The van der Waals surface area contributed by atoms with Gasteiger partial charge in [0.15, 0.2) is 0 Å². The van der Waals surface area contributed by atoms with E-state index in [1.165, 1.54) is 51.4 Å². The van der Waals surface area contributed by atoms with Gasteiger partial charge in [0.05, 0.1) is 0 Å². The van der Waals surface area contributed by atoms with E-state index in [4.69, 9.17) is 21.5 Å². The van der Waals surface area contributed by atoms with Crippen LogP contribution in [0.15, 0.2) is 0 Å². The Morgan fingerprint density at radius 2 is 1.29 bits per heavy atom. The lowest BCUT2D eigenvalue weighted by molar-refractivity contribution is 0.129. The second kappa shape index (κ2) is 14.1. The number of hydrogen-bond acceptors (Lipinski definition) is 3. The first-order chi connectivity index (χ1) is 9.95. The van der Waals surface area contributed by atoms with Gasteiger partial charge in [-0.2, -0.15) is 12.6 Å². The third kappa shape index (κ3) is 15.2. The van der Waals surface area contributed by atoms with E-state index in [0.29, 0.717) is 5.25 Å². The van der Waals surface area contributed by atoms with E-state index in [1.807, 2.05) is 0 Å². The molecule has 128 valence electrons. The van der Waals surface area contributed by atoms with Crippen LogP contribution in [0.3, 0.4) is 0 Å². The van der Waals surface area contributed by atoms with Gasteiger partial charge in [0.1, 0.15) is 0 Å². The van der Waals surface area contributed by atoms with E-state index in [-0.39, 0.29) is 12.2 Å². The first-order valence-corrected chi connectivity index (χ1v) is 11.2. The Morgan fingerprint density at radius 3 is 1.76 bits per heavy atom. The highest BCUT2D eigenvalue weighted by Crippen LogP contribution is 2.18. The van der Waals surface area contributed by atoms with E-state index in [0.717, 1.165) is 6.04 Å². The normalized spacial score (nSPS) is 13.6. The predicted octanol–water partition coefficient (Wildman–Crippen LogP) is 5.50. The summed E-state index contributed by atoms with van der Waals surface area (Å²) in [6, 6.07) is 1.02. The highest BCUT2D eigenvalue weighted by Gasteiger charge is 2.20. The van der Waals surface area contributed by atoms with Crippen LogP contribution in [0, 0.1) is 0 Å². The lowest BCUT2D eigenvalue weighted by atomic mass is 10.1. The fraction of sp³-hybridized carbons (Fsp3) is 1.00. The highest BCUT2D eigenvalue weighted by atomic mass is 32.1. The monoisotopic (exact) mass is 334 g/mol. The van der Waals surface area contributed by atoms with Gasteiger partial charge in [0, 0.05) is 17.5 Å². The minimum Gasteiger partial charge on any atom is -0.394 e. The summed E-state index contributed by atoms with van der Waals surface area (Å²) >= 11 is 4.75. The zero-order chi connectivity index (χ0) is 16.1. The molecule has 0 aromatic rings. The first kappa shape index (κ1) is 21.5. The molecule has 0 spiro atoms. The maximum atomic E-state index is 5.97. The summed E-state index contributed by atoms with van der Waals surface area (Å²) in [6.07, 6.45) is 11.3. The molecule has 0 radical (unpaired) electrons. The van der Waals surface area contributed by atoms with Crippen molar-refractivity contribution >= 4 is 21.9 Å². The van der Waals surface area contributed by atoms with Crippen LogP contribution in [0.1, 0.15) is 86.0 Å². The maximum Gasteiger partial charge on any atom is 0.322 e. The average molecular weight is 335 g/mol. The number of thiol groups is 1. The van der Waals surface area contributed by atoms with E-state index in [2.05, 4.69) is 34.6 Å². The molecular formula is C17H38O2SSi. The lowest BCUT2D eigenvalue weighted by Crippen LogP contribution is -2.31. The van der Waals surface area contributed by atoms with E-state index >= 15 is 0 Å². The minimum absolute atomic E-state index is 0.263. The molecule has 0 aromatic carbocycles. The summed E-state index contributed by atoms with van der Waals surface area (Å²) in [5.41, 5.74) is 0. The van der Waals surface area contributed by atoms with Crippen molar-refractivity contribution in [3.63, 3.8) is 0 Å². The summed E-state index contributed by atoms with van der Waals surface area (Å²) in [7, 11) is -1.56. The van der Waals surface area contributed by atoms with E-state index in [9.17, 15) is 0 Å². The summed E-state index contributed by atoms with van der Waals surface area (Å²) in [5.74, 6) is 0. The Bertz CT molecular complexity index is 215. The zero-order valence-corrected chi connectivity index (χ0v) is 17.0. The van der Waals surface area contributed by atoms with Crippen LogP contribution in [0.4, 0.5) is 0 Å². The van der Waals surface area contributed by atoms with Crippen LogP contribution in [-0.2, 0) is 8.85 Å². The van der Waals surface area contributed by atoms with Crippen molar-refractivity contribution in [1.29, 1.82) is 0 Å². The third-order valence-corrected chi connectivity index (χ3v) is 6.97. The van der Waals surface area contributed by atoms with Crippen LogP contribution in [0.5, 0.6) is 0 Å². The van der Waals surface area contributed by atoms with Gasteiger partial charge in [-0.05, 0) is 40.2 Å². The SMILES string of the molecule is CCCCCCCCCC(S)C[SiH](OC(C)C)OC(C)C. The highest BCUT2D eigenvalue weighted by molar-refractivity contribution is 7.81. The van der Waals surface area contributed by atoms with Crippen molar-refractivity contribution in [3.8, 4) is 0 Å². The van der Waals surface area contributed by atoms with Crippen molar-refractivity contribution in [2.75, 3.05) is 0 Å². The molecule has 0 amide bonds. The smallest absolute Gasteiger partial charge is 0.322 e. The van der Waals surface area contributed by atoms with Crippen molar-refractivity contribution in [3.05, 3.63) is 0 Å². The van der Waals surface area contributed by atoms with Crippen LogP contribution >= 0.6 is 12.6 Å². The molecular weight excluding hydrogens is 296 g/mol. The average Bonchev–Trinajstić information content (AvgIpc) is 2.36. The number of unbranched alkanes of at least 4 members (excludes halogenated alkanes) is 6. The summed E-state index contributed by atoms with van der Waals surface area (Å²) in [4.78, 5) is 0. The Balaban J connectivity index is 3.74. The molecule has 2 nitrogen and oxygen atoms in total. The van der Waals surface area contributed by atoms with Gasteiger partial charge in [0.2, 0.25) is 0 Å². The number of hydrogen-bond donors (Lipinski definition) is 1. The van der Waals surface area contributed by atoms with Crippen LogP contribution in [0.25, 0.3) is 0 Å². The largest absolute Gasteiger partial charge is 0.394 e. The molecule has 1 unspecified atom stereocenters. The van der Waals surface area contributed by atoms with Gasteiger partial charge in [0.25, 0.3) is 0 Å². The quantitative estimate of drug-likeness (QED) is 0.257. The Morgan fingerprint density at radius 1 is 0.810 bits per heavy atom. The molecule has 0 saturated carbocycles. The van der Waals surface area contributed by atoms with Gasteiger partial charge >= 0.3 is 9.28 Å². The van der Waals surface area contributed by atoms with Gasteiger partial charge in [-0.25, -0.2) is 0 Å². The van der Waals surface area contributed by atoms with Gasteiger partial charge in [-0.15, -0.1) is 0 Å². The molecule has 0 N–H and O–H groups in total. The molecule has 0 aliphatic heterocycles. The summed E-state index contributed by atoms with van der Waals surface area (Å²) in [5, 5.41) is 0.440. The van der Waals surface area contributed by atoms with Crippen LogP contribution in [0.2, 0.25) is 6.04 Å². The van der Waals surface area contributed by atoms with E-state index in [1.54, 1.807) is 0 Å². The molecule has 0 saturated heterocycles. The Labute approximate surface area is 140 Å². The second-order valence-corrected chi connectivity index (χ2v) is 9.20. The summed E-state index contributed by atoms with van der Waals surface area (Å²) in [6.45, 7) is 10.6. The van der Waals surface area contributed by atoms with Crippen molar-refractivity contribution < 1.29 is 8.85 Å². The standard InChI is InChI=1S/C17H38O2SSi/c1-6-7-8-9-10-11-12-13-17(20)14-21(18-15(2)3)19-16(4)5/h15-17,20-21H,6-14H2,1-5H3. The minimum atomic E-state index is -1.56. The van der Waals surface area contributed by atoms with Gasteiger partial charge in [-0.1, -0.05) is 51.9 Å². The Hall–Kier alpha value is 0.487. The molecule has 4 heteroatoms. The molecule has 21 heavy (non-hydrogen) atoms. The number of rotatable bonds is 14. The second-order valence-electron chi connectivity index (χ2n) is 6.60. The molecule has 0 aliphatic carbocycles. The predicted molar refractivity (Wildman–Crippen MR) is 99.8 cm³/mol. The van der Waals surface area contributed by atoms with Crippen LogP contribution in [-0.4, -0.2) is 26.7 Å². The van der Waals surface area contributed by atoms with Gasteiger partial charge in [-0.3, -0.25) is 0 Å². The van der Waals surface area contributed by atoms with Crippen molar-refractivity contribution in [2.45, 2.75) is 109 Å². The molecule has 0 bridgehead atoms. The van der Waals surface area contributed by atoms with E-state index < -0.39 is 9.28 Å². The molecule has 0 aliphatic rings. The van der Waals surface area contributed by atoms with Crippen molar-refractivity contribution in [1.82, 2.24) is 0 Å². The summed E-state index contributed by atoms with van der Waals surface area (Å²) < 4.78 is 11.9. The third-order valence-electron chi connectivity index (χ3n) is 3.45. The first-order valence-electron chi connectivity index (χ1n) is 8.94. The fourth-order valence-electron chi connectivity index (χ4n) is 2.43.